The summed E-state index contributed by atoms with van der Waals surface area (Å²) >= 11 is 0. The molecule has 3 heterocycles. The van der Waals surface area contributed by atoms with Gasteiger partial charge in [-0.2, -0.15) is 5.10 Å². The van der Waals surface area contributed by atoms with E-state index in [2.05, 4.69) is 17.0 Å². The number of nitrogens with zero attached hydrogens (tertiary/aromatic N) is 6. The van der Waals surface area contributed by atoms with Crippen LogP contribution < -0.4 is 4.74 Å². The lowest BCUT2D eigenvalue weighted by molar-refractivity contribution is 0.00761. The molecular weight excluding hydrogens is 320 g/mol. The van der Waals surface area contributed by atoms with Gasteiger partial charge in [-0.1, -0.05) is 0 Å². The fraction of sp³-hybridized carbons (Fsp3) is 0.412. The quantitative estimate of drug-likeness (QED) is 0.706. The van der Waals surface area contributed by atoms with E-state index in [1.165, 1.54) is 6.33 Å². The van der Waals surface area contributed by atoms with Crippen LogP contribution in [-0.2, 0) is 16.9 Å². The van der Waals surface area contributed by atoms with Crippen LogP contribution in [0.1, 0.15) is 31.4 Å². The highest BCUT2D eigenvalue weighted by molar-refractivity contribution is 5.38. The molecule has 8 nitrogen and oxygen atoms in total. The molecule has 1 aromatic carbocycles. The van der Waals surface area contributed by atoms with E-state index in [0.717, 1.165) is 36.7 Å². The lowest BCUT2D eigenvalue weighted by Gasteiger charge is -2.22. The highest BCUT2D eigenvalue weighted by Crippen LogP contribution is 2.35. The van der Waals surface area contributed by atoms with Crippen molar-refractivity contribution in [1.82, 2.24) is 29.5 Å². The summed E-state index contributed by atoms with van der Waals surface area (Å²) in [6, 6.07) is 7.76. The SMILES string of the molecule is COc1ccc(-n2nc(Cn3cncn3)nc2[C@]2(C)CCCO2)cc1. The summed E-state index contributed by atoms with van der Waals surface area (Å²) in [5, 5.41) is 8.83. The van der Waals surface area contributed by atoms with E-state index in [-0.39, 0.29) is 0 Å². The van der Waals surface area contributed by atoms with Crippen molar-refractivity contribution in [2.24, 2.45) is 0 Å². The molecule has 0 aliphatic carbocycles. The Morgan fingerprint density at radius 3 is 2.76 bits per heavy atom. The maximum Gasteiger partial charge on any atom is 0.173 e. The van der Waals surface area contributed by atoms with Crippen molar-refractivity contribution in [2.45, 2.75) is 31.9 Å². The summed E-state index contributed by atoms with van der Waals surface area (Å²) in [7, 11) is 1.65. The van der Waals surface area contributed by atoms with E-state index in [0.29, 0.717) is 12.4 Å². The highest BCUT2D eigenvalue weighted by atomic mass is 16.5. The van der Waals surface area contributed by atoms with Gasteiger partial charge in [-0.3, -0.25) is 0 Å². The zero-order valence-electron chi connectivity index (χ0n) is 14.3. The van der Waals surface area contributed by atoms with Gasteiger partial charge in [0, 0.05) is 6.61 Å². The van der Waals surface area contributed by atoms with Gasteiger partial charge in [0.2, 0.25) is 0 Å². The lowest BCUT2D eigenvalue weighted by Crippen LogP contribution is -2.25. The first-order chi connectivity index (χ1) is 12.2. The second-order valence-corrected chi connectivity index (χ2v) is 6.24. The number of hydrogen-bond acceptors (Lipinski definition) is 6. The molecule has 0 bridgehead atoms. The van der Waals surface area contributed by atoms with Crippen LogP contribution >= 0.6 is 0 Å². The van der Waals surface area contributed by atoms with Crippen LogP contribution in [0.15, 0.2) is 36.9 Å². The Morgan fingerprint density at radius 1 is 1.28 bits per heavy atom. The smallest absolute Gasteiger partial charge is 0.173 e. The van der Waals surface area contributed by atoms with Crippen molar-refractivity contribution in [3.05, 3.63) is 48.6 Å². The number of benzene rings is 1. The molecule has 1 saturated heterocycles. The average molecular weight is 340 g/mol. The fourth-order valence-electron chi connectivity index (χ4n) is 3.08. The Labute approximate surface area is 145 Å². The van der Waals surface area contributed by atoms with Gasteiger partial charge in [0.15, 0.2) is 11.6 Å². The fourth-order valence-corrected chi connectivity index (χ4v) is 3.08. The summed E-state index contributed by atoms with van der Waals surface area (Å²) < 4.78 is 14.8. The predicted molar refractivity (Wildman–Crippen MR) is 89.6 cm³/mol. The number of aromatic nitrogens is 6. The monoisotopic (exact) mass is 340 g/mol. The molecule has 1 aliphatic heterocycles. The van der Waals surface area contributed by atoms with E-state index >= 15 is 0 Å². The minimum Gasteiger partial charge on any atom is -0.497 e. The van der Waals surface area contributed by atoms with Crippen molar-refractivity contribution in [2.75, 3.05) is 13.7 Å². The van der Waals surface area contributed by atoms with Crippen molar-refractivity contribution >= 4 is 0 Å². The third kappa shape index (κ3) is 3.00. The van der Waals surface area contributed by atoms with Crippen molar-refractivity contribution < 1.29 is 9.47 Å². The lowest BCUT2D eigenvalue weighted by atomic mass is 10.0. The first-order valence-corrected chi connectivity index (χ1v) is 8.25. The van der Waals surface area contributed by atoms with Crippen molar-refractivity contribution in [1.29, 1.82) is 0 Å². The Kier molecular flexibility index (Phi) is 3.96. The number of methoxy groups -OCH3 is 1. The van der Waals surface area contributed by atoms with Gasteiger partial charge in [0.25, 0.3) is 0 Å². The average Bonchev–Trinajstić information content (AvgIpc) is 3.37. The van der Waals surface area contributed by atoms with Crippen molar-refractivity contribution in [3.8, 4) is 11.4 Å². The molecule has 25 heavy (non-hydrogen) atoms. The Hall–Kier alpha value is -2.74. The Bertz CT molecular complexity index is 835. The molecule has 2 aromatic heterocycles. The van der Waals surface area contributed by atoms with Crippen LogP contribution in [0, 0.1) is 0 Å². The van der Waals surface area contributed by atoms with Gasteiger partial charge in [-0.25, -0.2) is 19.3 Å². The molecule has 0 spiro atoms. The zero-order chi connectivity index (χ0) is 17.3. The molecule has 0 amide bonds. The summed E-state index contributed by atoms with van der Waals surface area (Å²) in [6.45, 7) is 3.28. The van der Waals surface area contributed by atoms with Gasteiger partial charge >= 0.3 is 0 Å². The summed E-state index contributed by atoms with van der Waals surface area (Å²) in [6.07, 6.45) is 5.10. The molecule has 8 heteroatoms. The largest absolute Gasteiger partial charge is 0.497 e. The summed E-state index contributed by atoms with van der Waals surface area (Å²) in [5.74, 6) is 2.29. The van der Waals surface area contributed by atoms with E-state index in [1.807, 2.05) is 28.9 Å². The molecule has 0 radical (unpaired) electrons. The Balaban J connectivity index is 1.75. The normalized spacial score (nSPS) is 20.1. The van der Waals surface area contributed by atoms with Crippen LogP contribution in [0.5, 0.6) is 5.75 Å². The maximum absolute atomic E-state index is 6.00. The van der Waals surface area contributed by atoms with E-state index in [1.54, 1.807) is 18.1 Å². The van der Waals surface area contributed by atoms with Crippen LogP contribution in [0.2, 0.25) is 0 Å². The van der Waals surface area contributed by atoms with Gasteiger partial charge < -0.3 is 9.47 Å². The number of hydrogen-bond donors (Lipinski definition) is 0. The van der Waals surface area contributed by atoms with Crippen LogP contribution in [-0.4, -0.2) is 43.2 Å². The van der Waals surface area contributed by atoms with E-state index in [4.69, 9.17) is 19.6 Å². The third-order valence-electron chi connectivity index (χ3n) is 4.43. The van der Waals surface area contributed by atoms with Crippen LogP contribution in [0.3, 0.4) is 0 Å². The van der Waals surface area contributed by atoms with Crippen molar-refractivity contribution in [3.63, 3.8) is 0 Å². The maximum atomic E-state index is 6.00. The first-order valence-electron chi connectivity index (χ1n) is 8.25. The molecule has 0 unspecified atom stereocenters. The minimum atomic E-state index is -0.437. The summed E-state index contributed by atoms with van der Waals surface area (Å²) in [5.41, 5.74) is 0.484. The van der Waals surface area contributed by atoms with Gasteiger partial charge in [-0.05, 0) is 44.0 Å². The number of ether oxygens (including phenoxy) is 2. The third-order valence-corrected chi connectivity index (χ3v) is 4.43. The minimum absolute atomic E-state index is 0.437. The first kappa shape index (κ1) is 15.8. The molecule has 1 atom stereocenters. The topological polar surface area (TPSA) is 79.9 Å². The molecule has 0 saturated carbocycles. The van der Waals surface area contributed by atoms with Crippen LogP contribution in [0.4, 0.5) is 0 Å². The van der Waals surface area contributed by atoms with E-state index in [9.17, 15) is 0 Å². The molecule has 3 aromatic rings. The Morgan fingerprint density at radius 2 is 2.12 bits per heavy atom. The van der Waals surface area contributed by atoms with E-state index < -0.39 is 5.60 Å². The molecule has 1 aliphatic rings. The van der Waals surface area contributed by atoms with Crippen LogP contribution in [0.25, 0.3) is 5.69 Å². The molecule has 4 rings (SSSR count). The highest BCUT2D eigenvalue weighted by Gasteiger charge is 2.37. The molecule has 0 N–H and O–H groups in total. The second-order valence-electron chi connectivity index (χ2n) is 6.24. The molecular formula is C17H20N6O2. The standard InChI is InChI=1S/C17H20N6O2/c1-17(8-3-9-25-17)16-20-15(10-22-12-18-11-19-22)21-23(16)13-4-6-14(24-2)7-5-13/h4-7,11-12H,3,8-10H2,1-2H3/t17-/m0/s1. The second kappa shape index (κ2) is 6.29. The molecule has 130 valence electrons. The van der Waals surface area contributed by atoms with Gasteiger partial charge in [0.1, 0.15) is 30.5 Å². The number of rotatable bonds is 5. The van der Waals surface area contributed by atoms with Gasteiger partial charge in [-0.15, -0.1) is 5.10 Å². The predicted octanol–water partition coefficient (Wildman–Crippen LogP) is 1.94. The molecule has 1 fully saturated rings. The van der Waals surface area contributed by atoms with Gasteiger partial charge in [0.05, 0.1) is 12.8 Å². The summed E-state index contributed by atoms with van der Waals surface area (Å²) in [4.78, 5) is 8.73. The zero-order valence-corrected chi connectivity index (χ0v) is 14.3.